The van der Waals surface area contributed by atoms with Gasteiger partial charge >= 0.3 is 0 Å². The summed E-state index contributed by atoms with van der Waals surface area (Å²) in [5.41, 5.74) is 3.23. The number of ether oxygens (including phenoxy) is 1. The van der Waals surface area contributed by atoms with Crippen LogP contribution >= 0.6 is 0 Å². The molecule has 5 heteroatoms. The van der Waals surface area contributed by atoms with Crippen LogP contribution < -0.4 is 14.5 Å². The lowest BCUT2D eigenvalue weighted by molar-refractivity contribution is -0.117. The fourth-order valence-corrected chi connectivity index (χ4v) is 4.40. The average Bonchev–Trinajstić information content (AvgIpc) is 2.79. The van der Waals surface area contributed by atoms with E-state index in [0.29, 0.717) is 17.7 Å². The second-order valence-corrected chi connectivity index (χ2v) is 7.79. The van der Waals surface area contributed by atoms with Crippen molar-refractivity contribution in [2.45, 2.75) is 32.4 Å². The fraction of sp³-hybridized carbons (Fsp3) is 0.231. The number of hydrogen-bond donors (Lipinski definition) is 0. The molecule has 0 saturated heterocycles. The number of methoxy groups -OCH3 is 1. The number of anilines is 2. The maximum absolute atomic E-state index is 13.5. The van der Waals surface area contributed by atoms with Crippen molar-refractivity contribution < 1.29 is 14.3 Å². The summed E-state index contributed by atoms with van der Waals surface area (Å²) in [5, 5.41) is 0. The van der Waals surface area contributed by atoms with E-state index in [2.05, 4.69) is 0 Å². The van der Waals surface area contributed by atoms with Crippen LogP contribution in [0.2, 0.25) is 0 Å². The molecule has 1 aliphatic heterocycles. The lowest BCUT2D eigenvalue weighted by Gasteiger charge is -2.43. The number of fused-ring (bicyclic) bond motifs is 1. The number of carbonyl (C=O) groups excluding carboxylic acids is 2. The molecule has 5 nitrogen and oxygen atoms in total. The Morgan fingerprint density at radius 1 is 0.968 bits per heavy atom. The van der Waals surface area contributed by atoms with Gasteiger partial charge in [0.05, 0.1) is 13.2 Å². The Morgan fingerprint density at radius 3 is 2.39 bits per heavy atom. The van der Waals surface area contributed by atoms with E-state index in [1.165, 1.54) is 0 Å². The Balaban J connectivity index is 1.77. The molecule has 3 aromatic rings. The van der Waals surface area contributed by atoms with Gasteiger partial charge in [0.2, 0.25) is 5.91 Å². The minimum atomic E-state index is -0.152. The predicted molar refractivity (Wildman–Crippen MR) is 123 cm³/mol. The lowest BCUT2D eigenvalue weighted by Crippen LogP contribution is -2.47. The second-order valence-electron chi connectivity index (χ2n) is 7.79. The standard InChI is InChI=1S/C26H26N2O3/c1-18-16-25(28(19(2)29)21-11-5-4-6-12-21)23-14-7-8-15-24(23)27(18)26(30)20-10-9-13-22(17-20)31-3/h4-15,17-18,25H,16H2,1-3H3/t18-,25-/m1/s1. The van der Waals surface area contributed by atoms with Crippen LogP contribution in [0.1, 0.15) is 42.2 Å². The van der Waals surface area contributed by atoms with Gasteiger partial charge in [-0.15, -0.1) is 0 Å². The first-order chi connectivity index (χ1) is 15.0. The van der Waals surface area contributed by atoms with E-state index in [9.17, 15) is 9.59 Å². The van der Waals surface area contributed by atoms with E-state index in [1.54, 1.807) is 26.2 Å². The smallest absolute Gasteiger partial charge is 0.258 e. The van der Waals surface area contributed by atoms with Gasteiger partial charge < -0.3 is 14.5 Å². The van der Waals surface area contributed by atoms with E-state index in [4.69, 9.17) is 4.74 Å². The molecule has 0 radical (unpaired) electrons. The van der Waals surface area contributed by atoms with E-state index in [-0.39, 0.29) is 23.9 Å². The van der Waals surface area contributed by atoms with Gasteiger partial charge in [-0.05, 0) is 55.3 Å². The van der Waals surface area contributed by atoms with Gasteiger partial charge in [-0.1, -0.05) is 42.5 Å². The number of hydrogen-bond acceptors (Lipinski definition) is 3. The van der Waals surface area contributed by atoms with Crippen LogP contribution in [-0.2, 0) is 4.79 Å². The molecule has 4 rings (SSSR count). The van der Waals surface area contributed by atoms with Crippen molar-refractivity contribution in [1.82, 2.24) is 0 Å². The maximum Gasteiger partial charge on any atom is 0.258 e. The molecule has 0 bridgehead atoms. The number of amides is 2. The average molecular weight is 415 g/mol. The zero-order chi connectivity index (χ0) is 22.0. The number of nitrogens with zero attached hydrogens (tertiary/aromatic N) is 2. The number of benzene rings is 3. The van der Waals surface area contributed by atoms with E-state index in [1.807, 2.05) is 83.5 Å². The molecule has 0 spiro atoms. The third kappa shape index (κ3) is 3.91. The van der Waals surface area contributed by atoms with Crippen molar-refractivity contribution in [1.29, 1.82) is 0 Å². The Morgan fingerprint density at radius 2 is 1.68 bits per heavy atom. The molecule has 0 fully saturated rings. The molecule has 1 aliphatic rings. The molecule has 0 N–H and O–H groups in total. The van der Waals surface area contributed by atoms with Crippen LogP contribution in [0.3, 0.4) is 0 Å². The van der Waals surface area contributed by atoms with Gasteiger partial charge in [0.15, 0.2) is 0 Å². The number of para-hydroxylation sites is 2. The molecule has 158 valence electrons. The van der Waals surface area contributed by atoms with Gasteiger partial charge in [-0.3, -0.25) is 9.59 Å². The predicted octanol–water partition coefficient (Wildman–Crippen LogP) is 5.23. The van der Waals surface area contributed by atoms with Crippen molar-refractivity contribution >= 4 is 23.2 Å². The first-order valence-electron chi connectivity index (χ1n) is 10.4. The molecule has 0 unspecified atom stereocenters. The summed E-state index contributed by atoms with van der Waals surface area (Å²) in [4.78, 5) is 29.9. The lowest BCUT2D eigenvalue weighted by atomic mass is 9.89. The van der Waals surface area contributed by atoms with Crippen LogP contribution in [0, 0.1) is 0 Å². The Bertz CT molecular complexity index is 1100. The maximum atomic E-state index is 13.5. The molecule has 2 amide bonds. The molecule has 0 saturated carbocycles. The number of rotatable bonds is 4. The highest BCUT2D eigenvalue weighted by Gasteiger charge is 2.38. The van der Waals surface area contributed by atoms with Crippen LogP contribution in [0.15, 0.2) is 78.9 Å². The SMILES string of the molecule is COc1cccc(C(=O)N2c3ccccc3[C@H](N(C(C)=O)c3ccccc3)C[C@H]2C)c1. The summed E-state index contributed by atoms with van der Waals surface area (Å²) in [6, 6.07) is 24.5. The van der Waals surface area contributed by atoms with Gasteiger partial charge in [-0.25, -0.2) is 0 Å². The van der Waals surface area contributed by atoms with Crippen molar-refractivity contribution in [3.8, 4) is 5.75 Å². The van der Waals surface area contributed by atoms with Crippen molar-refractivity contribution in [2.24, 2.45) is 0 Å². The molecule has 2 atom stereocenters. The molecular formula is C26H26N2O3. The fourth-order valence-electron chi connectivity index (χ4n) is 4.40. The van der Waals surface area contributed by atoms with Gasteiger partial charge in [0.25, 0.3) is 5.91 Å². The quantitative estimate of drug-likeness (QED) is 0.587. The third-order valence-electron chi connectivity index (χ3n) is 5.78. The van der Waals surface area contributed by atoms with Crippen LogP contribution in [0.25, 0.3) is 0 Å². The zero-order valence-corrected chi connectivity index (χ0v) is 18.0. The topological polar surface area (TPSA) is 49.9 Å². The first-order valence-corrected chi connectivity index (χ1v) is 10.4. The Hall–Kier alpha value is -3.60. The highest BCUT2D eigenvalue weighted by Crippen LogP contribution is 2.42. The summed E-state index contributed by atoms with van der Waals surface area (Å²) in [5.74, 6) is 0.547. The normalized spacial score (nSPS) is 17.6. The first kappa shape index (κ1) is 20.7. The van der Waals surface area contributed by atoms with E-state index < -0.39 is 0 Å². The summed E-state index contributed by atoms with van der Waals surface area (Å²) in [6.07, 6.45) is 0.640. The highest BCUT2D eigenvalue weighted by molar-refractivity contribution is 6.07. The van der Waals surface area contributed by atoms with E-state index >= 15 is 0 Å². The largest absolute Gasteiger partial charge is 0.497 e. The summed E-state index contributed by atoms with van der Waals surface area (Å²) >= 11 is 0. The van der Waals surface area contributed by atoms with Crippen LogP contribution in [0.5, 0.6) is 5.75 Å². The van der Waals surface area contributed by atoms with Gasteiger partial charge in [0, 0.05) is 29.9 Å². The minimum absolute atomic E-state index is 0.0224. The summed E-state index contributed by atoms with van der Waals surface area (Å²) < 4.78 is 5.30. The van der Waals surface area contributed by atoms with Gasteiger partial charge in [0.1, 0.15) is 5.75 Å². The molecule has 0 aliphatic carbocycles. The van der Waals surface area contributed by atoms with Crippen molar-refractivity contribution in [2.75, 3.05) is 16.9 Å². The molecule has 31 heavy (non-hydrogen) atoms. The molecular weight excluding hydrogens is 388 g/mol. The third-order valence-corrected chi connectivity index (χ3v) is 5.78. The molecule has 1 heterocycles. The zero-order valence-electron chi connectivity index (χ0n) is 18.0. The van der Waals surface area contributed by atoms with Gasteiger partial charge in [-0.2, -0.15) is 0 Å². The minimum Gasteiger partial charge on any atom is -0.497 e. The molecule has 3 aromatic carbocycles. The van der Waals surface area contributed by atoms with Crippen LogP contribution in [-0.4, -0.2) is 25.0 Å². The van der Waals surface area contributed by atoms with Crippen molar-refractivity contribution in [3.63, 3.8) is 0 Å². The van der Waals surface area contributed by atoms with Crippen molar-refractivity contribution in [3.05, 3.63) is 90.0 Å². The Kier molecular flexibility index (Phi) is 5.76. The second kappa shape index (κ2) is 8.64. The summed E-state index contributed by atoms with van der Waals surface area (Å²) in [6.45, 7) is 3.62. The van der Waals surface area contributed by atoms with Crippen LogP contribution in [0.4, 0.5) is 11.4 Å². The monoisotopic (exact) mass is 414 g/mol. The molecule has 0 aromatic heterocycles. The summed E-state index contributed by atoms with van der Waals surface area (Å²) in [7, 11) is 1.59. The highest BCUT2D eigenvalue weighted by atomic mass is 16.5. The van der Waals surface area contributed by atoms with E-state index in [0.717, 1.165) is 16.9 Å². The number of carbonyl (C=O) groups is 2. The Labute approximate surface area is 182 Å².